The van der Waals surface area contributed by atoms with Crippen LogP contribution in [0.5, 0.6) is 5.75 Å². The van der Waals surface area contributed by atoms with Gasteiger partial charge in [-0.1, -0.05) is 20.3 Å². The predicted molar refractivity (Wildman–Crippen MR) is 124 cm³/mol. The molecular formula is C26H35N3O4. The molecule has 1 unspecified atom stereocenters. The molecule has 2 N–H and O–H groups in total. The molecule has 3 atom stereocenters. The van der Waals surface area contributed by atoms with E-state index in [1.54, 1.807) is 4.90 Å². The summed E-state index contributed by atoms with van der Waals surface area (Å²) in [7, 11) is 0. The molecule has 0 spiro atoms. The third-order valence-corrected chi connectivity index (χ3v) is 7.84. The Hall–Kier alpha value is -2.41. The summed E-state index contributed by atoms with van der Waals surface area (Å²) < 4.78 is 6.45. The fourth-order valence-corrected chi connectivity index (χ4v) is 6.24. The molecule has 178 valence electrons. The third-order valence-electron chi connectivity index (χ3n) is 7.84. The lowest BCUT2D eigenvalue weighted by Gasteiger charge is -2.44. The number of rotatable bonds is 6. The molecule has 0 aromatic heterocycles. The van der Waals surface area contributed by atoms with Crippen LogP contribution in [-0.2, 0) is 16.1 Å². The minimum absolute atomic E-state index is 0.133. The van der Waals surface area contributed by atoms with E-state index < -0.39 is 6.04 Å². The van der Waals surface area contributed by atoms with Gasteiger partial charge in [-0.05, 0) is 80.2 Å². The fraction of sp³-hybridized carbons (Fsp3) is 0.654. The van der Waals surface area contributed by atoms with E-state index in [1.165, 1.54) is 25.7 Å². The Bertz CT molecular complexity index is 951. The summed E-state index contributed by atoms with van der Waals surface area (Å²) >= 11 is 0. The zero-order valence-electron chi connectivity index (χ0n) is 19.7. The van der Waals surface area contributed by atoms with Crippen LogP contribution in [-0.4, -0.2) is 47.4 Å². The largest absolute Gasteiger partial charge is 0.489 e. The van der Waals surface area contributed by atoms with Crippen molar-refractivity contribution in [2.24, 2.45) is 11.3 Å². The van der Waals surface area contributed by atoms with Crippen LogP contribution in [0.4, 0.5) is 0 Å². The van der Waals surface area contributed by atoms with Crippen molar-refractivity contribution >= 4 is 17.7 Å². The van der Waals surface area contributed by atoms with Gasteiger partial charge in [-0.15, -0.1) is 0 Å². The Labute approximate surface area is 195 Å². The normalized spacial score (nSPS) is 29.5. The van der Waals surface area contributed by atoms with Crippen molar-refractivity contribution in [3.63, 3.8) is 0 Å². The molecule has 2 heterocycles. The Morgan fingerprint density at radius 2 is 1.91 bits per heavy atom. The van der Waals surface area contributed by atoms with Gasteiger partial charge in [-0.25, -0.2) is 0 Å². The molecule has 33 heavy (non-hydrogen) atoms. The van der Waals surface area contributed by atoms with E-state index in [0.29, 0.717) is 30.0 Å². The molecule has 7 nitrogen and oxygen atoms in total. The van der Waals surface area contributed by atoms with Crippen molar-refractivity contribution in [2.45, 2.75) is 89.9 Å². The highest BCUT2D eigenvalue weighted by Crippen LogP contribution is 2.44. The zero-order chi connectivity index (χ0) is 23.2. The highest BCUT2D eigenvalue weighted by Gasteiger charge is 2.40. The second-order valence-corrected chi connectivity index (χ2v) is 11.1. The van der Waals surface area contributed by atoms with Gasteiger partial charge < -0.3 is 15.0 Å². The standard InChI is InChI=1S/C26H35N3O4/c1-26(2)12-16(13-26)14-27-20-5-3-4-6-22(20)33-18-7-8-19-17(11-18)15-29(25(19)32)21-9-10-23(30)28-24(21)31/h7-8,11,16,20-22,27H,3-6,9-10,12-15H2,1-2H3,(H,28,30,31)/t20-,21?,22+/m0/s1. The number of benzene rings is 1. The Morgan fingerprint density at radius 1 is 1.12 bits per heavy atom. The first-order valence-corrected chi connectivity index (χ1v) is 12.5. The lowest BCUT2D eigenvalue weighted by molar-refractivity contribution is -0.136. The Kier molecular flexibility index (Phi) is 5.93. The SMILES string of the molecule is CC1(C)CC(CN[C@H]2CCCC[C@H]2Oc2ccc3c(c2)CN(C2CCC(=O)NC2=O)C3=O)C1. The average molecular weight is 454 g/mol. The van der Waals surface area contributed by atoms with Crippen molar-refractivity contribution in [1.82, 2.24) is 15.5 Å². The number of hydrogen-bond acceptors (Lipinski definition) is 5. The van der Waals surface area contributed by atoms with Crippen molar-refractivity contribution in [1.29, 1.82) is 0 Å². The molecule has 2 aliphatic carbocycles. The summed E-state index contributed by atoms with van der Waals surface area (Å²) in [5.74, 6) is 0.760. The van der Waals surface area contributed by atoms with Crippen LogP contribution in [0.25, 0.3) is 0 Å². The lowest BCUT2D eigenvalue weighted by Crippen LogP contribution is -2.52. The Morgan fingerprint density at radius 3 is 2.67 bits per heavy atom. The first-order valence-electron chi connectivity index (χ1n) is 12.5. The number of nitrogens with one attached hydrogen (secondary N) is 2. The van der Waals surface area contributed by atoms with Crippen molar-refractivity contribution < 1.29 is 19.1 Å². The van der Waals surface area contributed by atoms with E-state index in [0.717, 1.165) is 36.6 Å². The van der Waals surface area contributed by atoms with Gasteiger partial charge in [0.1, 0.15) is 17.9 Å². The molecule has 7 heteroatoms. The third kappa shape index (κ3) is 4.65. The van der Waals surface area contributed by atoms with Crippen molar-refractivity contribution in [3.05, 3.63) is 29.3 Å². The number of fused-ring (bicyclic) bond motifs is 1. The van der Waals surface area contributed by atoms with Gasteiger partial charge in [0.2, 0.25) is 11.8 Å². The maximum atomic E-state index is 12.9. The first kappa shape index (κ1) is 22.4. The molecule has 0 radical (unpaired) electrons. The van der Waals surface area contributed by atoms with Crippen LogP contribution in [0.1, 0.15) is 81.1 Å². The van der Waals surface area contributed by atoms with Crippen LogP contribution >= 0.6 is 0 Å². The summed E-state index contributed by atoms with van der Waals surface area (Å²) in [5.41, 5.74) is 2.01. The van der Waals surface area contributed by atoms with Crippen LogP contribution in [0, 0.1) is 11.3 Å². The van der Waals surface area contributed by atoms with E-state index in [-0.39, 0.29) is 30.2 Å². The highest BCUT2D eigenvalue weighted by atomic mass is 16.5. The summed E-state index contributed by atoms with van der Waals surface area (Å²) in [6.07, 6.45) is 7.93. The molecule has 1 aromatic rings. The van der Waals surface area contributed by atoms with Crippen molar-refractivity contribution in [3.8, 4) is 5.75 Å². The van der Waals surface area contributed by atoms with E-state index >= 15 is 0 Å². The van der Waals surface area contributed by atoms with E-state index in [2.05, 4.69) is 24.5 Å². The molecule has 3 amide bonds. The van der Waals surface area contributed by atoms with Crippen LogP contribution in [0.3, 0.4) is 0 Å². The lowest BCUT2D eigenvalue weighted by atomic mass is 9.64. The molecule has 1 saturated heterocycles. The zero-order valence-corrected chi connectivity index (χ0v) is 19.7. The monoisotopic (exact) mass is 453 g/mol. The number of imide groups is 1. The number of carbonyl (C=O) groups excluding carboxylic acids is 3. The summed E-state index contributed by atoms with van der Waals surface area (Å²) in [5, 5.41) is 6.14. The average Bonchev–Trinajstić information content (AvgIpc) is 3.07. The smallest absolute Gasteiger partial charge is 0.255 e. The molecule has 1 aromatic carbocycles. The first-order chi connectivity index (χ1) is 15.8. The van der Waals surface area contributed by atoms with Gasteiger partial charge in [-0.3, -0.25) is 19.7 Å². The topological polar surface area (TPSA) is 87.7 Å². The minimum Gasteiger partial charge on any atom is -0.489 e. The van der Waals surface area contributed by atoms with Crippen LogP contribution in [0.2, 0.25) is 0 Å². The molecule has 3 fully saturated rings. The molecule has 4 aliphatic rings. The minimum atomic E-state index is -0.588. The van der Waals surface area contributed by atoms with Gasteiger partial charge >= 0.3 is 0 Å². The quantitative estimate of drug-likeness (QED) is 0.646. The number of amides is 3. The van der Waals surface area contributed by atoms with Crippen LogP contribution < -0.4 is 15.4 Å². The van der Waals surface area contributed by atoms with E-state index in [9.17, 15) is 14.4 Å². The van der Waals surface area contributed by atoms with Crippen LogP contribution in [0.15, 0.2) is 18.2 Å². The number of ether oxygens (including phenoxy) is 1. The Balaban J connectivity index is 1.22. The number of nitrogens with zero attached hydrogens (tertiary/aromatic N) is 1. The molecule has 2 saturated carbocycles. The molecule has 0 bridgehead atoms. The fourth-order valence-electron chi connectivity index (χ4n) is 6.24. The maximum Gasteiger partial charge on any atom is 0.255 e. The van der Waals surface area contributed by atoms with E-state index in [4.69, 9.17) is 4.74 Å². The predicted octanol–water partition coefficient (Wildman–Crippen LogP) is 3.16. The maximum absolute atomic E-state index is 12.9. The van der Waals surface area contributed by atoms with E-state index in [1.807, 2.05) is 18.2 Å². The number of piperidine rings is 1. The van der Waals surface area contributed by atoms with Gasteiger partial charge in [-0.2, -0.15) is 0 Å². The van der Waals surface area contributed by atoms with Gasteiger partial charge in [0.05, 0.1) is 0 Å². The molecular weight excluding hydrogens is 418 g/mol. The van der Waals surface area contributed by atoms with Crippen molar-refractivity contribution in [2.75, 3.05) is 6.54 Å². The molecule has 5 rings (SSSR count). The summed E-state index contributed by atoms with van der Waals surface area (Å²) in [6.45, 7) is 6.13. The van der Waals surface area contributed by atoms with Gasteiger partial charge in [0.25, 0.3) is 5.91 Å². The second-order valence-electron chi connectivity index (χ2n) is 11.1. The van der Waals surface area contributed by atoms with Gasteiger partial charge in [0, 0.05) is 24.6 Å². The highest BCUT2D eigenvalue weighted by molar-refractivity contribution is 6.05. The number of carbonyl (C=O) groups is 3. The molecule has 2 aliphatic heterocycles. The van der Waals surface area contributed by atoms with Gasteiger partial charge in [0.15, 0.2) is 0 Å². The summed E-state index contributed by atoms with van der Waals surface area (Å²) in [4.78, 5) is 38.2. The number of hydrogen-bond donors (Lipinski definition) is 2. The summed E-state index contributed by atoms with van der Waals surface area (Å²) in [6, 6.07) is 5.43. The second kappa shape index (κ2) is 8.75.